The third kappa shape index (κ3) is 5.51. The van der Waals surface area contributed by atoms with Crippen LogP contribution in [0.4, 0.5) is 0 Å². The van der Waals surface area contributed by atoms with Crippen molar-refractivity contribution >= 4 is 17.5 Å². The highest BCUT2D eigenvalue weighted by Crippen LogP contribution is 2.48. The molecule has 0 saturated heterocycles. The Bertz CT molecular complexity index is 646. The van der Waals surface area contributed by atoms with Gasteiger partial charge in [-0.25, -0.2) is 0 Å². The van der Waals surface area contributed by atoms with Crippen molar-refractivity contribution in [2.45, 2.75) is 71.6 Å². The molecule has 2 fully saturated rings. The molecule has 1 N–H and O–H groups in total. The number of fused-ring (bicyclic) bond motifs is 2. The highest BCUT2D eigenvalue weighted by molar-refractivity contribution is 6.33. The number of amides is 1. The number of nitrogens with one attached hydrogen (secondary N) is 1. The van der Waals surface area contributed by atoms with Gasteiger partial charge in [0.25, 0.3) is 5.91 Å². The summed E-state index contributed by atoms with van der Waals surface area (Å²) in [6.07, 6.45) is 11.3. The van der Waals surface area contributed by atoms with Crippen LogP contribution in [-0.4, -0.2) is 37.0 Å². The van der Waals surface area contributed by atoms with Crippen molar-refractivity contribution < 1.29 is 4.79 Å². The first-order valence-corrected chi connectivity index (χ1v) is 11.7. The third-order valence-corrected chi connectivity index (χ3v) is 7.42. The zero-order valence-corrected chi connectivity index (χ0v) is 18.5. The maximum Gasteiger partial charge on any atom is 0.252 e. The molecule has 1 amide bonds. The Morgan fingerprint density at radius 1 is 1.21 bits per heavy atom. The van der Waals surface area contributed by atoms with Gasteiger partial charge in [-0.2, -0.15) is 0 Å². The van der Waals surface area contributed by atoms with Gasteiger partial charge in [0.05, 0.1) is 10.6 Å². The molecule has 2 saturated carbocycles. The summed E-state index contributed by atoms with van der Waals surface area (Å²) in [4.78, 5) is 15.3. The summed E-state index contributed by atoms with van der Waals surface area (Å²) in [7, 11) is 0. The van der Waals surface area contributed by atoms with E-state index in [1.807, 2.05) is 12.1 Å². The van der Waals surface area contributed by atoms with Crippen LogP contribution in [0.1, 0.15) is 81.1 Å². The fourth-order valence-electron chi connectivity index (χ4n) is 5.38. The Hall–Kier alpha value is -1.06. The van der Waals surface area contributed by atoms with Crippen molar-refractivity contribution in [1.82, 2.24) is 10.2 Å². The first-order valence-electron chi connectivity index (χ1n) is 11.3. The summed E-state index contributed by atoms with van der Waals surface area (Å²) in [6.45, 7) is 8.50. The molecule has 1 aromatic rings. The maximum atomic E-state index is 12.9. The predicted octanol–water partition coefficient (Wildman–Crippen LogP) is 5.70. The van der Waals surface area contributed by atoms with Gasteiger partial charge < -0.3 is 10.2 Å². The predicted molar refractivity (Wildman–Crippen MR) is 118 cm³/mol. The van der Waals surface area contributed by atoms with E-state index in [-0.39, 0.29) is 5.91 Å². The molecule has 0 radical (unpaired) electrons. The number of hydrogen-bond acceptors (Lipinski definition) is 2. The normalized spacial score (nSPS) is 24.4. The van der Waals surface area contributed by atoms with Gasteiger partial charge in [-0.05, 0) is 80.8 Å². The molecule has 0 heterocycles. The largest absolute Gasteiger partial charge is 0.351 e. The van der Waals surface area contributed by atoms with Gasteiger partial charge in [-0.1, -0.05) is 57.2 Å². The van der Waals surface area contributed by atoms with Gasteiger partial charge in [0.2, 0.25) is 0 Å². The first-order chi connectivity index (χ1) is 13.5. The lowest BCUT2D eigenvalue weighted by atomic mass is 9.62. The molecule has 0 atom stereocenters. The summed E-state index contributed by atoms with van der Waals surface area (Å²) >= 11 is 6.38. The fraction of sp³-hybridized carbons (Fsp3) is 0.708. The number of carbonyl (C=O) groups is 1. The lowest BCUT2D eigenvalue weighted by Crippen LogP contribution is -2.43. The number of halogens is 1. The SMILES string of the molecule is CCN(CC)CCCc1ccc(Cl)c(C(=O)NCC23CCCC(CCC2)C3)c1. The molecular formula is C24H37ClN2O. The van der Waals surface area contributed by atoms with Crippen molar-refractivity contribution in [3.63, 3.8) is 0 Å². The minimum absolute atomic E-state index is 0.00216. The molecule has 0 unspecified atom stereocenters. The van der Waals surface area contributed by atoms with E-state index in [4.69, 9.17) is 11.6 Å². The second kappa shape index (κ2) is 10.1. The highest BCUT2D eigenvalue weighted by atomic mass is 35.5. The summed E-state index contributed by atoms with van der Waals surface area (Å²) in [5, 5.41) is 3.81. The van der Waals surface area contributed by atoms with Crippen molar-refractivity contribution in [1.29, 1.82) is 0 Å². The zero-order chi connectivity index (χ0) is 20.0. The monoisotopic (exact) mass is 404 g/mol. The van der Waals surface area contributed by atoms with Gasteiger partial charge in [0.15, 0.2) is 0 Å². The smallest absolute Gasteiger partial charge is 0.252 e. The highest BCUT2D eigenvalue weighted by Gasteiger charge is 2.39. The molecule has 28 heavy (non-hydrogen) atoms. The summed E-state index contributed by atoms with van der Waals surface area (Å²) < 4.78 is 0. The standard InChI is InChI=1S/C24H37ClN2O/c1-3-27(4-2)15-7-10-19-11-12-22(25)21(16-19)23(28)26-18-24-13-5-8-20(17-24)9-6-14-24/h11-12,16,20H,3-10,13-15,17-18H2,1-2H3,(H,26,28). The topological polar surface area (TPSA) is 32.3 Å². The van der Waals surface area contributed by atoms with Crippen LogP contribution in [0.2, 0.25) is 5.02 Å². The summed E-state index contributed by atoms with van der Waals surface area (Å²) in [5.41, 5.74) is 2.18. The molecule has 3 nitrogen and oxygen atoms in total. The van der Waals surface area contributed by atoms with Crippen LogP contribution in [0.5, 0.6) is 0 Å². The number of nitrogens with zero attached hydrogens (tertiary/aromatic N) is 1. The minimum Gasteiger partial charge on any atom is -0.351 e. The average Bonchev–Trinajstić information content (AvgIpc) is 2.71. The van der Waals surface area contributed by atoms with Gasteiger partial charge in [-0.15, -0.1) is 0 Å². The summed E-state index contributed by atoms with van der Waals surface area (Å²) in [6, 6.07) is 5.95. The Labute approximate surface area is 176 Å². The van der Waals surface area contributed by atoms with Crippen LogP contribution in [0.15, 0.2) is 18.2 Å². The lowest BCUT2D eigenvalue weighted by Gasteiger charge is -2.45. The van der Waals surface area contributed by atoms with E-state index < -0.39 is 0 Å². The van der Waals surface area contributed by atoms with E-state index >= 15 is 0 Å². The van der Waals surface area contributed by atoms with Crippen LogP contribution in [-0.2, 0) is 6.42 Å². The van der Waals surface area contributed by atoms with Crippen molar-refractivity contribution in [3.05, 3.63) is 34.3 Å². The zero-order valence-electron chi connectivity index (χ0n) is 17.7. The molecule has 156 valence electrons. The van der Waals surface area contributed by atoms with E-state index in [0.29, 0.717) is 16.0 Å². The number of carbonyl (C=O) groups excluding carboxylic acids is 1. The number of hydrogen-bond donors (Lipinski definition) is 1. The lowest BCUT2D eigenvalue weighted by molar-refractivity contribution is 0.0682. The van der Waals surface area contributed by atoms with Gasteiger partial charge in [-0.3, -0.25) is 4.79 Å². The number of benzene rings is 1. The fourth-order valence-corrected chi connectivity index (χ4v) is 5.59. The van der Waals surface area contributed by atoms with Gasteiger partial charge in [0, 0.05) is 6.54 Å². The molecule has 4 heteroatoms. The van der Waals surface area contributed by atoms with E-state index in [1.165, 1.54) is 50.5 Å². The number of aryl methyl sites for hydroxylation is 1. The molecule has 2 aliphatic carbocycles. The molecule has 0 aromatic heterocycles. The van der Waals surface area contributed by atoms with E-state index in [1.54, 1.807) is 0 Å². The van der Waals surface area contributed by atoms with Crippen LogP contribution in [0.3, 0.4) is 0 Å². The molecule has 3 rings (SSSR count). The Balaban J connectivity index is 1.57. The van der Waals surface area contributed by atoms with E-state index in [9.17, 15) is 4.79 Å². The minimum atomic E-state index is -0.00216. The van der Waals surface area contributed by atoms with Crippen LogP contribution < -0.4 is 5.32 Å². The quantitative estimate of drug-likeness (QED) is 0.572. The van der Waals surface area contributed by atoms with Crippen molar-refractivity contribution in [2.75, 3.05) is 26.2 Å². The van der Waals surface area contributed by atoms with Gasteiger partial charge in [0.1, 0.15) is 0 Å². The number of rotatable bonds is 9. The van der Waals surface area contributed by atoms with Crippen LogP contribution in [0.25, 0.3) is 0 Å². The maximum absolute atomic E-state index is 12.9. The summed E-state index contributed by atoms with van der Waals surface area (Å²) in [5.74, 6) is 0.884. The third-order valence-electron chi connectivity index (χ3n) is 7.09. The van der Waals surface area contributed by atoms with Crippen molar-refractivity contribution in [3.8, 4) is 0 Å². The first kappa shape index (κ1) is 21.6. The second-order valence-electron chi connectivity index (χ2n) is 8.98. The molecule has 2 bridgehead atoms. The Morgan fingerprint density at radius 2 is 1.93 bits per heavy atom. The van der Waals surface area contributed by atoms with Crippen LogP contribution in [0, 0.1) is 11.3 Å². The van der Waals surface area contributed by atoms with Crippen molar-refractivity contribution in [2.24, 2.45) is 11.3 Å². The van der Waals surface area contributed by atoms with Crippen LogP contribution >= 0.6 is 11.6 Å². The molecule has 2 aliphatic rings. The Kier molecular flexibility index (Phi) is 7.82. The second-order valence-corrected chi connectivity index (χ2v) is 9.39. The molecular weight excluding hydrogens is 368 g/mol. The average molecular weight is 405 g/mol. The molecule has 1 aromatic carbocycles. The van der Waals surface area contributed by atoms with Gasteiger partial charge >= 0.3 is 0 Å². The molecule has 0 spiro atoms. The van der Waals surface area contributed by atoms with E-state index in [0.717, 1.165) is 44.9 Å². The Morgan fingerprint density at radius 3 is 2.61 bits per heavy atom. The van der Waals surface area contributed by atoms with E-state index in [2.05, 4.69) is 30.1 Å². The molecule has 0 aliphatic heterocycles.